The first-order valence-corrected chi connectivity index (χ1v) is 8.94. The number of hydrogen-bond acceptors (Lipinski definition) is 3. The Morgan fingerprint density at radius 1 is 1.17 bits per heavy atom. The molecule has 0 N–H and O–H groups in total. The molecule has 1 aliphatic rings. The molecule has 1 aromatic carbocycles. The quantitative estimate of drug-likeness (QED) is 0.787. The second kappa shape index (κ2) is 7.77. The first kappa shape index (κ1) is 16.2. The molecule has 0 radical (unpaired) electrons. The molecule has 0 bridgehead atoms. The van der Waals surface area contributed by atoms with Gasteiger partial charge in [-0.3, -0.25) is 9.69 Å². The van der Waals surface area contributed by atoms with Crippen LogP contribution in [-0.2, 0) is 11.3 Å². The number of amides is 1. The third-order valence-corrected chi connectivity index (χ3v) is 5.01. The minimum absolute atomic E-state index is 0.0701. The molecule has 0 aliphatic carbocycles. The Morgan fingerprint density at radius 2 is 2.00 bits per heavy atom. The van der Waals surface area contributed by atoms with Crippen LogP contribution in [0.2, 0.25) is 5.02 Å². The molecule has 3 rings (SSSR count). The highest BCUT2D eigenvalue weighted by Gasteiger charge is 2.19. The van der Waals surface area contributed by atoms with Crippen LogP contribution < -0.4 is 0 Å². The summed E-state index contributed by atoms with van der Waals surface area (Å²) in [5.74, 6) is 0.0701. The molecule has 5 heteroatoms. The predicted octanol–water partition coefficient (Wildman–Crippen LogP) is 3.76. The number of benzene rings is 1. The molecule has 1 saturated heterocycles. The largest absolute Gasteiger partial charge is 0.337 e. The van der Waals surface area contributed by atoms with Crippen LogP contribution in [0.1, 0.15) is 10.4 Å². The van der Waals surface area contributed by atoms with Gasteiger partial charge in [-0.05, 0) is 35.2 Å². The van der Waals surface area contributed by atoms with Gasteiger partial charge in [0.15, 0.2) is 0 Å². The van der Waals surface area contributed by atoms with Crippen molar-refractivity contribution in [1.29, 1.82) is 0 Å². The lowest BCUT2D eigenvalue weighted by Crippen LogP contribution is -2.47. The summed E-state index contributed by atoms with van der Waals surface area (Å²) >= 11 is 7.74. The Morgan fingerprint density at radius 3 is 2.70 bits per heavy atom. The Kier molecular flexibility index (Phi) is 5.49. The van der Waals surface area contributed by atoms with Gasteiger partial charge in [-0.1, -0.05) is 29.8 Å². The maximum atomic E-state index is 12.3. The summed E-state index contributed by atoms with van der Waals surface area (Å²) in [4.78, 5) is 18.0. The minimum Gasteiger partial charge on any atom is -0.337 e. The van der Waals surface area contributed by atoms with Crippen LogP contribution in [0.4, 0.5) is 0 Å². The number of carbonyl (C=O) groups is 1. The van der Waals surface area contributed by atoms with Crippen LogP contribution in [0, 0.1) is 0 Å². The van der Waals surface area contributed by atoms with E-state index in [4.69, 9.17) is 11.6 Å². The molecule has 0 saturated carbocycles. The van der Waals surface area contributed by atoms with Gasteiger partial charge in [0.25, 0.3) is 0 Å². The van der Waals surface area contributed by atoms with E-state index in [1.807, 2.05) is 35.2 Å². The van der Waals surface area contributed by atoms with Gasteiger partial charge in [-0.2, -0.15) is 0 Å². The number of piperazine rings is 1. The molecule has 1 fully saturated rings. The molecule has 120 valence electrons. The molecule has 0 atom stereocenters. The molecule has 0 unspecified atom stereocenters. The van der Waals surface area contributed by atoms with Crippen molar-refractivity contribution in [3.63, 3.8) is 0 Å². The van der Waals surface area contributed by atoms with Crippen molar-refractivity contribution in [2.24, 2.45) is 0 Å². The molecular formula is C18H19ClN2OS. The zero-order valence-corrected chi connectivity index (χ0v) is 14.4. The zero-order valence-electron chi connectivity index (χ0n) is 12.8. The van der Waals surface area contributed by atoms with Crippen molar-refractivity contribution in [3.05, 3.63) is 63.3 Å². The second-order valence-corrected chi connectivity index (χ2v) is 7.04. The Bertz CT molecular complexity index is 676. The molecule has 1 aromatic heterocycles. The zero-order chi connectivity index (χ0) is 16.1. The average Bonchev–Trinajstić information content (AvgIpc) is 3.06. The van der Waals surface area contributed by atoms with Gasteiger partial charge in [-0.15, -0.1) is 11.3 Å². The monoisotopic (exact) mass is 346 g/mol. The van der Waals surface area contributed by atoms with Crippen molar-refractivity contribution in [3.8, 4) is 0 Å². The van der Waals surface area contributed by atoms with Crippen LogP contribution in [0.3, 0.4) is 0 Å². The van der Waals surface area contributed by atoms with E-state index in [0.717, 1.165) is 38.3 Å². The van der Waals surface area contributed by atoms with Gasteiger partial charge in [0.05, 0.1) is 0 Å². The van der Waals surface area contributed by atoms with E-state index in [1.54, 1.807) is 17.4 Å². The summed E-state index contributed by atoms with van der Waals surface area (Å²) in [5, 5.41) is 2.79. The summed E-state index contributed by atoms with van der Waals surface area (Å²) in [7, 11) is 0. The number of halogens is 1. The van der Waals surface area contributed by atoms with E-state index in [1.165, 1.54) is 4.88 Å². The molecule has 1 aliphatic heterocycles. The second-order valence-electron chi connectivity index (χ2n) is 5.57. The van der Waals surface area contributed by atoms with E-state index in [0.29, 0.717) is 5.02 Å². The van der Waals surface area contributed by atoms with E-state index < -0.39 is 0 Å². The van der Waals surface area contributed by atoms with Gasteiger partial charge in [0, 0.05) is 48.7 Å². The maximum absolute atomic E-state index is 12.3. The minimum atomic E-state index is 0.0701. The molecule has 2 heterocycles. The normalized spacial score (nSPS) is 16.1. The summed E-state index contributed by atoms with van der Waals surface area (Å²) in [6.45, 7) is 4.40. The van der Waals surface area contributed by atoms with Crippen LogP contribution in [0.15, 0.2) is 47.9 Å². The van der Waals surface area contributed by atoms with E-state index in [2.05, 4.69) is 22.4 Å². The maximum Gasteiger partial charge on any atom is 0.246 e. The third-order valence-electron chi connectivity index (χ3n) is 3.91. The van der Waals surface area contributed by atoms with Crippen molar-refractivity contribution in [1.82, 2.24) is 9.80 Å². The highest BCUT2D eigenvalue weighted by atomic mass is 35.5. The van der Waals surface area contributed by atoms with E-state index in [-0.39, 0.29) is 5.91 Å². The topological polar surface area (TPSA) is 23.6 Å². The lowest BCUT2D eigenvalue weighted by Gasteiger charge is -2.33. The highest BCUT2D eigenvalue weighted by molar-refractivity contribution is 7.09. The van der Waals surface area contributed by atoms with Crippen molar-refractivity contribution in [2.45, 2.75) is 6.54 Å². The summed E-state index contributed by atoms with van der Waals surface area (Å²) in [6, 6.07) is 11.7. The van der Waals surface area contributed by atoms with E-state index >= 15 is 0 Å². The standard InChI is InChI=1S/C18H19ClN2OS/c19-16-4-1-3-15(13-16)6-7-18(22)21-10-8-20(9-11-21)14-17-5-2-12-23-17/h1-7,12-13H,8-11,14H2/b7-6+. The van der Waals surface area contributed by atoms with E-state index in [9.17, 15) is 4.79 Å². The number of rotatable bonds is 4. The number of hydrogen-bond donors (Lipinski definition) is 0. The van der Waals surface area contributed by atoms with Crippen molar-refractivity contribution in [2.75, 3.05) is 26.2 Å². The summed E-state index contributed by atoms with van der Waals surface area (Å²) in [5.41, 5.74) is 0.946. The van der Waals surface area contributed by atoms with Gasteiger partial charge < -0.3 is 4.90 Å². The highest BCUT2D eigenvalue weighted by Crippen LogP contribution is 2.14. The van der Waals surface area contributed by atoms with Crippen molar-refractivity contribution >= 4 is 34.9 Å². The van der Waals surface area contributed by atoms with Gasteiger partial charge in [0.2, 0.25) is 5.91 Å². The molecule has 23 heavy (non-hydrogen) atoms. The molecule has 1 amide bonds. The number of thiophene rings is 1. The van der Waals surface area contributed by atoms with Crippen LogP contribution >= 0.6 is 22.9 Å². The molecular weight excluding hydrogens is 328 g/mol. The van der Waals surface area contributed by atoms with Gasteiger partial charge in [-0.25, -0.2) is 0 Å². The Labute approximate surface area is 145 Å². The average molecular weight is 347 g/mol. The van der Waals surface area contributed by atoms with Gasteiger partial charge >= 0.3 is 0 Å². The van der Waals surface area contributed by atoms with Gasteiger partial charge in [0.1, 0.15) is 0 Å². The lowest BCUT2D eigenvalue weighted by atomic mass is 10.2. The fourth-order valence-corrected chi connectivity index (χ4v) is 3.58. The Balaban J connectivity index is 1.50. The SMILES string of the molecule is O=C(/C=C/c1cccc(Cl)c1)N1CCN(Cc2cccs2)CC1. The smallest absolute Gasteiger partial charge is 0.246 e. The predicted molar refractivity (Wildman–Crippen MR) is 96.7 cm³/mol. The lowest BCUT2D eigenvalue weighted by molar-refractivity contribution is -0.127. The molecule has 3 nitrogen and oxygen atoms in total. The van der Waals surface area contributed by atoms with Crippen molar-refractivity contribution < 1.29 is 4.79 Å². The van der Waals surface area contributed by atoms with Crippen LogP contribution in [-0.4, -0.2) is 41.9 Å². The first-order chi connectivity index (χ1) is 11.2. The fourth-order valence-electron chi connectivity index (χ4n) is 2.63. The third kappa shape index (κ3) is 4.67. The number of nitrogens with zero attached hydrogens (tertiary/aromatic N) is 2. The molecule has 2 aromatic rings. The Hall–Kier alpha value is -1.62. The number of carbonyl (C=O) groups excluding carboxylic acids is 1. The summed E-state index contributed by atoms with van der Waals surface area (Å²) < 4.78 is 0. The molecule has 0 spiro atoms. The summed E-state index contributed by atoms with van der Waals surface area (Å²) in [6.07, 6.45) is 3.47. The van der Waals surface area contributed by atoms with Crippen LogP contribution in [0.5, 0.6) is 0 Å². The first-order valence-electron chi connectivity index (χ1n) is 7.68. The van der Waals surface area contributed by atoms with Crippen LogP contribution in [0.25, 0.3) is 6.08 Å². The fraction of sp³-hybridized carbons (Fsp3) is 0.278.